The van der Waals surface area contributed by atoms with E-state index in [1.54, 1.807) is 0 Å². The average molecular weight is 954 g/mol. The molecule has 15 rings (SSSR count). The highest BCUT2D eigenvalue weighted by atomic mass is 15.1. The highest BCUT2D eigenvalue weighted by molar-refractivity contribution is 6.23. The predicted molar refractivity (Wildman–Crippen MR) is 319 cm³/mol. The molecule has 0 spiro atoms. The molecular formula is C72H47N3. The Morgan fingerprint density at radius 2 is 0.640 bits per heavy atom. The van der Waals surface area contributed by atoms with Crippen LogP contribution in [0.2, 0.25) is 0 Å². The summed E-state index contributed by atoms with van der Waals surface area (Å²) in [6, 6.07) is 105. The fraction of sp³-hybridized carbons (Fsp3) is 0. The van der Waals surface area contributed by atoms with E-state index < -0.39 is 0 Å². The van der Waals surface area contributed by atoms with E-state index in [1.807, 2.05) is 0 Å². The Morgan fingerprint density at radius 1 is 0.240 bits per heavy atom. The molecule has 0 saturated carbocycles. The third-order valence-electron chi connectivity index (χ3n) is 15.4. The van der Waals surface area contributed by atoms with Gasteiger partial charge in [-0.1, -0.05) is 188 Å². The van der Waals surface area contributed by atoms with Gasteiger partial charge in [-0.15, -0.1) is 0 Å². The third kappa shape index (κ3) is 6.90. The Labute approximate surface area is 434 Å². The molecule has 13 aromatic carbocycles. The third-order valence-corrected chi connectivity index (χ3v) is 15.4. The quantitative estimate of drug-likeness (QED) is 0.138. The molecule has 75 heavy (non-hydrogen) atoms. The molecule has 0 bridgehead atoms. The van der Waals surface area contributed by atoms with Crippen molar-refractivity contribution in [2.45, 2.75) is 0 Å². The Morgan fingerprint density at radius 3 is 1.17 bits per heavy atom. The van der Waals surface area contributed by atoms with Gasteiger partial charge in [-0.3, -0.25) is 0 Å². The van der Waals surface area contributed by atoms with Crippen LogP contribution in [0.25, 0.3) is 121 Å². The summed E-state index contributed by atoms with van der Waals surface area (Å²) >= 11 is 0. The van der Waals surface area contributed by atoms with Gasteiger partial charge < -0.3 is 14.0 Å². The summed E-state index contributed by atoms with van der Waals surface area (Å²) in [5, 5.41) is 12.1. The number of rotatable bonds is 8. The Kier molecular flexibility index (Phi) is 9.89. The van der Waals surface area contributed by atoms with E-state index in [4.69, 9.17) is 0 Å². The van der Waals surface area contributed by atoms with Gasteiger partial charge in [0, 0.05) is 54.8 Å². The van der Waals surface area contributed by atoms with Crippen molar-refractivity contribution in [3.8, 4) is 44.8 Å². The van der Waals surface area contributed by atoms with Gasteiger partial charge in [0.15, 0.2) is 0 Å². The van der Waals surface area contributed by atoms with E-state index in [9.17, 15) is 0 Å². The van der Waals surface area contributed by atoms with Gasteiger partial charge in [0.2, 0.25) is 0 Å². The molecule has 0 radical (unpaired) electrons. The van der Waals surface area contributed by atoms with Gasteiger partial charge in [-0.2, -0.15) is 0 Å². The molecule has 350 valence electrons. The highest BCUT2D eigenvalue weighted by Crippen LogP contribution is 2.50. The maximum absolute atomic E-state index is 2.49. The van der Waals surface area contributed by atoms with Crippen LogP contribution in [0.4, 0.5) is 17.1 Å². The number of aromatic nitrogens is 2. The van der Waals surface area contributed by atoms with Crippen molar-refractivity contribution in [2.24, 2.45) is 0 Å². The van der Waals surface area contributed by atoms with Crippen molar-refractivity contribution >= 4 is 93.0 Å². The SMILES string of the molecule is c1ccc(N(c2cccc3ccccc23)c2c3ccccc3c(-c3cc(-c4ccc5c(c4)c4ccccc4n5-c4ccccc4)cc(-c4ccc5c(c4)c4ccccc4n5-c4ccccc4)c3)c3ccccc23)cc1. The first-order valence-corrected chi connectivity index (χ1v) is 25.8. The van der Waals surface area contributed by atoms with E-state index in [0.717, 1.165) is 45.1 Å². The van der Waals surface area contributed by atoms with Crippen molar-refractivity contribution in [3.05, 3.63) is 285 Å². The first-order chi connectivity index (χ1) is 37.2. The number of anilines is 3. The Bertz CT molecular complexity index is 4460. The molecular weight excluding hydrogens is 907 g/mol. The van der Waals surface area contributed by atoms with Crippen molar-refractivity contribution in [2.75, 3.05) is 4.90 Å². The lowest BCUT2D eigenvalue weighted by molar-refractivity contribution is 1.18. The number of fused-ring (bicyclic) bond motifs is 9. The van der Waals surface area contributed by atoms with Crippen LogP contribution in [0.3, 0.4) is 0 Å². The minimum absolute atomic E-state index is 1.11. The fourth-order valence-corrected chi connectivity index (χ4v) is 12.1. The van der Waals surface area contributed by atoms with Crippen LogP contribution in [0.15, 0.2) is 285 Å². The molecule has 0 unspecified atom stereocenters. The predicted octanol–water partition coefficient (Wildman–Crippen LogP) is 19.8. The number of hydrogen-bond acceptors (Lipinski definition) is 1. The molecule has 3 nitrogen and oxygen atoms in total. The first kappa shape index (κ1) is 42.7. The highest BCUT2D eigenvalue weighted by Gasteiger charge is 2.24. The normalized spacial score (nSPS) is 11.7. The lowest BCUT2D eigenvalue weighted by Crippen LogP contribution is -2.12. The van der Waals surface area contributed by atoms with Gasteiger partial charge in [0.1, 0.15) is 0 Å². The van der Waals surface area contributed by atoms with Crippen LogP contribution in [-0.4, -0.2) is 9.13 Å². The second-order valence-corrected chi connectivity index (χ2v) is 19.6. The molecule has 0 atom stereocenters. The van der Waals surface area contributed by atoms with E-state index in [2.05, 4.69) is 299 Å². The van der Waals surface area contributed by atoms with Gasteiger partial charge in [-0.05, 0) is 147 Å². The summed E-state index contributed by atoms with van der Waals surface area (Å²) in [4.78, 5) is 2.49. The van der Waals surface area contributed by atoms with E-state index in [1.165, 1.54) is 92.6 Å². The molecule has 0 aliphatic rings. The second-order valence-electron chi connectivity index (χ2n) is 19.6. The van der Waals surface area contributed by atoms with Crippen LogP contribution in [0, 0.1) is 0 Å². The Hall–Kier alpha value is -9.96. The van der Waals surface area contributed by atoms with Gasteiger partial charge in [0.05, 0.1) is 33.4 Å². The maximum atomic E-state index is 2.49. The zero-order chi connectivity index (χ0) is 49.4. The first-order valence-electron chi connectivity index (χ1n) is 25.8. The molecule has 2 heterocycles. The Balaban J connectivity index is 1.01. The van der Waals surface area contributed by atoms with Gasteiger partial charge in [0.25, 0.3) is 0 Å². The summed E-state index contributed by atoms with van der Waals surface area (Å²) < 4.78 is 4.79. The minimum Gasteiger partial charge on any atom is -0.309 e. The average Bonchev–Trinajstić information content (AvgIpc) is 4.04. The van der Waals surface area contributed by atoms with Crippen LogP contribution in [0.1, 0.15) is 0 Å². The van der Waals surface area contributed by atoms with Crippen molar-refractivity contribution in [1.29, 1.82) is 0 Å². The fourth-order valence-electron chi connectivity index (χ4n) is 12.1. The summed E-state index contributed by atoms with van der Waals surface area (Å²) in [6.07, 6.45) is 0. The molecule has 3 heteroatoms. The summed E-state index contributed by atoms with van der Waals surface area (Å²) in [5.41, 5.74) is 17.5. The standard InChI is InChI=1S/C72H47N3/c1-4-23-54(24-5-1)73-67-36-18-16-30-58(67)64-46-49(39-41-69(64)73)51-43-52(50-40-42-70-65(47-50)59-31-17-19-37-68(59)74(70)55-25-6-2-7-26-55)45-53(44-51)71-60-32-12-14-34-62(60)72(63-35-15-13-33-61(63)71)75(56-27-8-3-9-28-56)66-38-20-22-48-21-10-11-29-57(48)66/h1-47H. The van der Waals surface area contributed by atoms with Gasteiger partial charge in [-0.25, -0.2) is 0 Å². The summed E-state index contributed by atoms with van der Waals surface area (Å²) in [5.74, 6) is 0. The van der Waals surface area contributed by atoms with Crippen LogP contribution >= 0.6 is 0 Å². The molecule has 0 aliphatic heterocycles. The van der Waals surface area contributed by atoms with Crippen LogP contribution in [0.5, 0.6) is 0 Å². The molecule has 15 aromatic rings. The monoisotopic (exact) mass is 953 g/mol. The topological polar surface area (TPSA) is 13.1 Å². The smallest absolute Gasteiger partial charge is 0.0619 e. The van der Waals surface area contributed by atoms with Gasteiger partial charge >= 0.3 is 0 Å². The van der Waals surface area contributed by atoms with Crippen molar-refractivity contribution in [1.82, 2.24) is 9.13 Å². The molecule has 0 saturated heterocycles. The summed E-state index contributed by atoms with van der Waals surface area (Å²) in [6.45, 7) is 0. The molecule has 2 aromatic heterocycles. The molecule has 0 aliphatic carbocycles. The molecule has 0 N–H and O–H groups in total. The van der Waals surface area contributed by atoms with Crippen molar-refractivity contribution < 1.29 is 0 Å². The molecule has 0 fully saturated rings. The molecule has 0 amide bonds. The lowest BCUT2D eigenvalue weighted by atomic mass is 9.86. The van der Waals surface area contributed by atoms with E-state index in [-0.39, 0.29) is 0 Å². The zero-order valence-electron chi connectivity index (χ0n) is 41.0. The second kappa shape index (κ2) is 17.4. The maximum Gasteiger partial charge on any atom is 0.0619 e. The largest absolute Gasteiger partial charge is 0.309 e. The van der Waals surface area contributed by atoms with Crippen LogP contribution in [-0.2, 0) is 0 Å². The lowest BCUT2D eigenvalue weighted by Gasteiger charge is -2.30. The van der Waals surface area contributed by atoms with Crippen LogP contribution < -0.4 is 4.90 Å². The number of para-hydroxylation sites is 5. The van der Waals surface area contributed by atoms with Crippen molar-refractivity contribution in [3.63, 3.8) is 0 Å². The minimum atomic E-state index is 1.11. The van der Waals surface area contributed by atoms with E-state index >= 15 is 0 Å². The number of hydrogen-bond donors (Lipinski definition) is 0. The number of nitrogens with zero attached hydrogens (tertiary/aromatic N) is 3. The zero-order valence-corrected chi connectivity index (χ0v) is 41.0. The van der Waals surface area contributed by atoms with E-state index in [0.29, 0.717) is 0 Å². The number of benzene rings is 13. The summed E-state index contributed by atoms with van der Waals surface area (Å²) in [7, 11) is 0.